The van der Waals surface area contributed by atoms with Crippen LogP contribution in [-0.4, -0.2) is 10.9 Å². The third kappa shape index (κ3) is 3.78. The number of halogens is 3. The summed E-state index contributed by atoms with van der Waals surface area (Å²) in [5.74, 6) is -0.230. The van der Waals surface area contributed by atoms with Crippen molar-refractivity contribution in [1.29, 1.82) is 0 Å². The fraction of sp³-hybridized carbons (Fsp3) is 0.0769. The zero-order valence-corrected chi connectivity index (χ0v) is 13.8. The summed E-state index contributed by atoms with van der Waals surface area (Å²) in [4.78, 5) is 16.2. The van der Waals surface area contributed by atoms with Crippen molar-refractivity contribution in [1.82, 2.24) is 4.98 Å². The summed E-state index contributed by atoms with van der Waals surface area (Å²) in [5.41, 5.74) is 2.08. The smallest absolute Gasteiger partial charge is 0.255 e. The van der Waals surface area contributed by atoms with Gasteiger partial charge in [-0.15, -0.1) is 0 Å². The summed E-state index contributed by atoms with van der Waals surface area (Å²) in [6, 6.07) is 6.89. The number of carbonyl (C=O) groups excluding carboxylic acids is 1. The molecule has 1 aromatic carbocycles. The van der Waals surface area contributed by atoms with Gasteiger partial charge in [-0.3, -0.25) is 4.79 Å². The van der Waals surface area contributed by atoms with Crippen molar-refractivity contribution in [2.75, 3.05) is 5.32 Å². The topological polar surface area (TPSA) is 42.0 Å². The second-order valence-corrected chi connectivity index (χ2v) is 6.05. The molecule has 1 aromatic heterocycles. The largest absolute Gasteiger partial charge is 0.321 e. The van der Waals surface area contributed by atoms with Crippen LogP contribution in [0.2, 0.25) is 5.02 Å². The normalized spacial score (nSPS) is 10.3. The molecule has 0 atom stereocenters. The highest BCUT2D eigenvalue weighted by atomic mass is 79.9. The zero-order chi connectivity index (χ0) is 14.0. The molecule has 3 nitrogen and oxygen atoms in total. The van der Waals surface area contributed by atoms with E-state index < -0.39 is 0 Å². The van der Waals surface area contributed by atoms with E-state index in [1.165, 1.54) is 0 Å². The Kier molecular flexibility index (Phi) is 4.60. The van der Waals surface area contributed by atoms with Gasteiger partial charge < -0.3 is 5.32 Å². The summed E-state index contributed by atoms with van der Waals surface area (Å²) in [6.07, 6.45) is 1.59. The Morgan fingerprint density at radius 3 is 2.63 bits per heavy atom. The van der Waals surface area contributed by atoms with E-state index in [0.717, 1.165) is 14.6 Å². The fourth-order valence-corrected chi connectivity index (χ4v) is 2.59. The van der Waals surface area contributed by atoms with Gasteiger partial charge in [-0.2, -0.15) is 0 Å². The van der Waals surface area contributed by atoms with Gasteiger partial charge in [0.25, 0.3) is 5.91 Å². The van der Waals surface area contributed by atoms with Crippen molar-refractivity contribution in [2.45, 2.75) is 6.92 Å². The molecule has 2 aromatic rings. The average Bonchev–Trinajstić information content (AvgIpc) is 2.32. The van der Waals surface area contributed by atoms with E-state index in [1.54, 1.807) is 24.4 Å². The van der Waals surface area contributed by atoms with Crippen LogP contribution >= 0.6 is 43.5 Å². The van der Waals surface area contributed by atoms with Crippen molar-refractivity contribution >= 4 is 55.1 Å². The van der Waals surface area contributed by atoms with Crippen molar-refractivity contribution in [2.24, 2.45) is 0 Å². The molecule has 19 heavy (non-hydrogen) atoms. The monoisotopic (exact) mass is 402 g/mol. The van der Waals surface area contributed by atoms with Gasteiger partial charge >= 0.3 is 0 Å². The van der Waals surface area contributed by atoms with E-state index in [4.69, 9.17) is 11.6 Å². The molecule has 1 amide bonds. The standard InChI is InChI=1S/C13H9Br2ClN2O/c1-7-2-11(6-17-12(7)15)18-13(19)8-3-9(14)5-10(16)4-8/h2-6H,1H3,(H,18,19). The lowest BCUT2D eigenvalue weighted by Crippen LogP contribution is -2.12. The molecule has 0 bridgehead atoms. The van der Waals surface area contributed by atoms with Crippen molar-refractivity contribution in [3.8, 4) is 0 Å². The second-order valence-electron chi connectivity index (χ2n) is 3.94. The van der Waals surface area contributed by atoms with Crippen LogP contribution < -0.4 is 5.32 Å². The van der Waals surface area contributed by atoms with Crippen LogP contribution in [0.3, 0.4) is 0 Å². The molecule has 1 heterocycles. The van der Waals surface area contributed by atoms with Gasteiger partial charge in [-0.1, -0.05) is 27.5 Å². The molecular weight excluding hydrogens is 395 g/mol. The number of benzene rings is 1. The van der Waals surface area contributed by atoms with Gasteiger partial charge in [0.05, 0.1) is 11.9 Å². The minimum atomic E-state index is -0.230. The molecule has 1 N–H and O–H groups in total. The highest BCUT2D eigenvalue weighted by molar-refractivity contribution is 9.10. The molecule has 0 spiro atoms. The Bertz CT molecular complexity index is 626. The number of carbonyl (C=O) groups is 1. The number of nitrogens with one attached hydrogen (secondary N) is 1. The summed E-state index contributed by atoms with van der Waals surface area (Å²) in [6.45, 7) is 1.91. The molecule has 6 heteroatoms. The Labute approximate surface area is 132 Å². The molecule has 2 rings (SSSR count). The third-order valence-electron chi connectivity index (χ3n) is 2.40. The predicted molar refractivity (Wildman–Crippen MR) is 83.8 cm³/mol. The molecular formula is C13H9Br2ClN2O. The van der Waals surface area contributed by atoms with Gasteiger partial charge in [0.1, 0.15) is 4.60 Å². The summed E-state index contributed by atoms with van der Waals surface area (Å²) in [7, 11) is 0. The molecule has 0 aliphatic rings. The fourth-order valence-electron chi connectivity index (χ4n) is 1.51. The first-order valence-corrected chi connectivity index (χ1v) is 7.31. The number of aryl methyl sites for hydroxylation is 1. The number of nitrogens with zero attached hydrogens (tertiary/aromatic N) is 1. The van der Waals surface area contributed by atoms with E-state index in [1.807, 2.05) is 13.0 Å². The van der Waals surface area contributed by atoms with Crippen LogP contribution in [0, 0.1) is 6.92 Å². The minimum Gasteiger partial charge on any atom is -0.321 e. The van der Waals surface area contributed by atoms with Gasteiger partial charge in [-0.25, -0.2) is 4.98 Å². The molecule has 0 saturated carbocycles. The van der Waals surface area contributed by atoms with Gasteiger partial charge in [-0.05, 0) is 52.7 Å². The number of hydrogen-bond acceptors (Lipinski definition) is 2. The van der Waals surface area contributed by atoms with Crippen LogP contribution in [0.25, 0.3) is 0 Å². The van der Waals surface area contributed by atoms with E-state index in [-0.39, 0.29) is 5.91 Å². The molecule has 98 valence electrons. The van der Waals surface area contributed by atoms with E-state index in [0.29, 0.717) is 16.3 Å². The Morgan fingerprint density at radius 2 is 2.00 bits per heavy atom. The first kappa shape index (κ1) is 14.5. The van der Waals surface area contributed by atoms with Crippen LogP contribution in [0.1, 0.15) is 15.9 Å². The number of hydrogen-bond donors (Lipinski definition) is 1. The third-order valence-corrected chi connectivity index (χ3v) is 3.90. The van der Waals surface area contributed by atoms with Crippen molar-refractivity contribution < 1.29 is 4.79 Å². The molecule has 0 saturated heterocycles. The zero-order valence-electron chi connectivity index (χ0n) is 9.88. The first-order chi connectivity index (χ1) is 8.95. The SMILES string of the molecule is Cc1cc(NC(=O)c2cc(Cl)cc(Br)c2)cnc1Br. The Balaban J connectivity index is 2.22. The molecule has 0 aliphatic carbocycles. The summed E-state index contributed by atoms with van der Waals surface area (Å²) < 4.78 is 1.52. The van der Waals surface area contributed by atoms with Gasteiger partial charge in [0.15, 0.2) is 0 Å². The molecule has 0 unspecified atom stereocenters. The number of rotatable bonds is 2. The minimum absolute atomic E-state index is 0.230. The maximum absolute atomic E-state index is 12.1. The number of anilines is 1. The van der Waals surface area contributed by atoms with Crippen molar-refractivity contribution in [3.63, 3.8) is 0 Å². The lowest BCUT2D eigenvalue weighted by Gasteiger charge is -2.07. The molecule has 0 fully saturated rings. The number of aromatic nitrogens is 1. The van der Waals surface area contributed by atoms with Crippen LogP contribution in [-0.2, 0) is 0 Å². The second kappa shape index (κ2) is 6.03. The average molecular weight is 404 g/mol. The molecule has 0 radical (unpaired) electrons. The first-order valence-electron chi connectivity index (χ1n) is 5.35. The van der Waals surface area contributed by atoms with Gasteiger partial charge in [0, 0.05) is 15.1 Å². The van der Waals surface area contributed by atoms with E-state index in [2.05, 4.69) is 42.2 Å². The predicted octanol–water partition coefficient (Wildman–Crippen LogP) is 4.82. The highest BCUT2D eigenvalue weighted by Gasteiger charge is 2.09. The maximum atomic E-state index is 12.1. The van der Waals surface area contributed by atoms with Crippen LogP contribution in [0.15, 0.2) is 39.5 Å². The Morgan fingerprint density at radius 1 is 1.26 bits per heavy atom. The van der Waals surface area contributed by atoms with Crippen LogP contribution in [0.4, 0.5) is 5.69 Å². The molecule has 0 aliphatic heterocycles. The van der Waals surface area contributed by atoms with E-state index in [9.17, 15) is 4.79 Å². The lowest BCUT2D eigenvalue weighted by molar-refractivity contribution is 0.102. The van der Waals surface area contributed by atoms with Gasteiger partial charge in [0.2, 0.25) is 0 Å². The Hall–Kier alpha value is -0.910. The highest BCUT2D eigenvalue weighted by Crippen LogP contribution is 2.21. The quantitative estimate of drug-likeness (QED) is 0.729. The van der Waals surface area contributed by atoms with Crippen LogP contribution in [0.5, 0.6) is 0 Å². The lowest BCUT2D eigenvalue weighted by atomic mass is 10.2. The summed E-state index contributed by atoms with van der Waals surface area (Å²) in [5, 5.41) is 3.28. The van der Waals surface area contributed by atoms with E-state index >= 15 is 0 Å². The van der Waals surface area contributed by atoms with Crippen molar-refractivity contribution in [3.05, 3.63) is 55.7 Å². The maximum Gasteiger partial charge on any atom is 0.255 e. The summed E-state index contributed by atoms with van der Waals surface area (Å²) >= 11 is 12.5. The number of amides is 1. The number of pyridine rings is 1.